The highest BCUT2D eigenvalue weighted by atomic mass is 35.5. The highest BCUT2D eigenvalue weighted by Gasteiger charge is 2.65. The predicted molar refractivity (Wildman–Crippen MR) is 126 cm³/mol. The number of carbonyl (C=O) groups excluding carboxylic acids is 2. The number of carbonyl (C=O) groups is 2. The summed E-state index contributed by atoms with van der Waals surface area (Å²) in [6.07, 6.45) is 0.0998. The van der Waals surface area contributed by atoms with E-state index < -0.39 is 58.1 Å². The molecule has 7 nitrogen and oxygen atoms in total. The largest absolute Gasteiger partial charge is 0.484 e. The summed E-state index contributed by atoms with van der Waals surface area (Å²) in [4.78, 5) is 21.8. The molecule has 2 amide bonds. The van der Waals surface area contributed by atoms with Crippen molar-refractivity contribution in [1.82, 2.24) is 10.6 Å². The van der Waals surface area contributed by atoms with Crippen LogP contribution in [0.4, 0.5) is 23.8 Å². The van der Waals surface area contributed by atoms with Gasteiger partial charge < -0.3 is 25.2 Å². The van der Waals surface area contributed by atoms with Crippen molar-refractivity contribution in [2.75, 3.05) is 19.8 Å². The summed E-state index contributed by atoms with van der Waals surface area (Å²) in [5.41, 5.74) is 0. The SMILES string of the molecule is C=CC(C[C@H](O)CNC(=O)COc1ccc(Cl)c(F)c1)NC(=O)COc1ccc(S(F)(F)(F)(F)F)cc1. The van der Waals surface area contributed by atoms with Crippen molar-refractivity contribution in [3.63, 3.8) is 0 Å². The molecule has 37 heavy (non-hydrogen) atoms. The molecule has 206 valence electrons. The lowest BCUT2D eigenvalue weighted by Gasteiger charge is -2.40. The average molecular weight is 577 g/mol. The van der Waals surface area contributed by atoms with Crippen LogP contribution in [0.1, 0.15) is 6.42 Å². The topological polar surface area (TPSA) is 96.9 Å². The Labute approximate surface area is 213 Å². The third-order valence-electron chi connectivity index (χ3n) is 4.59. The van der Waals surface area contributed by atoms with Gasteiger partial charge in [0.15, 0.2) is 13.2 Å². The summed E-state index contributed by atoms with van der Waals surface area (Å²) >= 11 is 5.55. The zero-order chi connectivity index (χ0) is 27.9. The number of amides is 2. The van der Waals surface area contributed by atoms with Crippen LogP contribution >= 0.6 is 21.8 Å². The van der Waals surface area contributed by atoms with Crippen LogP contribution in [0.15, 0.2) is 60.0 Å². The van der Waals surface area contributed by atoms with Gasteiger partial charge in [-0.15, -0.1) is 6.58 Å². The molecule has 0 aliphatic heterocycles. The van der Waals surface area contributed by atoms with Gasteiger partial charge in [-0.05, 0) is 42.8 Å². The van der Waals surface area contributed by atoms with Crippen molar-refractivity contribution >= 4 is 33.6 Å². The normalized spacial score (nSPS) is 14.9. The lowest BCUT2D eigenvalue weighted by molar-refractivity contribution is -0.124. The van der Waals surface area contributed by atoms with E-state index in [1.165, 1.54) is 18.2 Å². The standard InChI is InChI=1S/C22H23ClF6N2O5S/c1-2-14(9-15(32)11-30-21(33)12-36-17-5-8-19(23)20(24)10-17)31-22(34)13-35-16-3-6-18(7-4-16)37(25,26,27,28)29/h2-8,10,14-15,32H,1,9,11-13H2,(H,30,33)(H,31,34)/t14?,15-/m0/s1. The van der Waals surface area contributed by atoms with Crippen molar-refractivity contribution in [2.24, 2.45) is 0 Å². The van der Waals surface area contributed by atoms with E-state index in [1.54, 1.807) is 0 Å². The molecule has 0 bridgehead atoms. The van der Waals surface area contributed by atoms with Crippen LogP contribution in [0.25, 0.3) is 0 Å². The Morgan fingerprint density at radius 2 is 1.57 bits per heavy atom. The van der Waals surface area contributed by atoms with Gasteiger partial charge in [-0.3, -0.25) is 9.59 Å². The molecule has 0 saturated carbocycles. The fourth-order valence-electron chi connectivity index (χ4n) is 2.78. The van der Waals surface area contributed by atoms with Crippen molar-refractivity contribution in [3.8, 4) is 11.5 Å². The van der Waals surface area contributed by atoms with E-state index in [0.29, 0.717) is 12.1 Å². The van der Waals surface area contributed by atoms with Gasteiger partial charge in [-0.25, -0.2) is 4.39 Å². The van der Waals surface area contributed by atoms with Gasteiger partial charge in [0, 0.05) is 18.7 Å². The first-order valence-electron chi connectivity index (χ1n) is 10.4. The predicted octanol–water partition coefficient (Wildman–Crippen LogP) is 5.13. The Bertz CT molecular complexity index is 1140. The van der Waals surface area contributed by atoms with Crippen LogP contribution < -0.4 is 20.1 Å². The number of benzene rings is 2. The van der Waals surface area contributed by atoms with Crippen LogP contribution in [0, 0.1) is 5.82 Å². The highest BCUT2D eigenvalue weighted by Crippen LogP contribution is 3.02. The van der Waals surface area contributed by atoms with Crippen LogP contribution in [-0.4, -0.2) is 48.8 Å². The molecule has 0 saturated heterocycles. The minimum Gasteiger partial charge on any atom is -0.484 e. The fraction of sp³-hybridized carbons (Fsp3) is 0.273. The van der Waals surface area contributed by atoms with Crippen LogP contribution in [-0.2, 0) is 9.59 Å². The molecule has 0 spiro atoms. The number of hydrogen-bond donors (Lipinski definition) is 3. The molecule has 0 aliphatic carbocycles. The third-order valence-corrected chi connectivity index (χ3v) is 6.06. The second kappa shape index (κ2) is 11.1. The van der Waals surface area contributed by atoms with Gasteiger partial charge in [0.25, 0.3) is 11.8 Å². The summed E-state index contributed by atoms with van der Waals surface area (Å²) in [6.45, 7) is 2.18. The van der Waals surface area contributed by atoms with E-state index >= 15 is 0 Å². The smallest absolute Gasteiger partial charge is 0.310 e. The van der Waals surface area contributed by atoms with E-state index in [9.17, 15) is 38.5 Å². The molecule has 0 heterocycles. The van der Waals surface area contributed by atoms with E-state index in [4.69, 9.17) is 21.1 Å². The molecule has 15 heteroatoms. The second-order valence-electron chi connectivity index (χ2n) is 7.70. The van der Waals surface area contributed by atoms with Gasteiger partial charge in [0.05, 0.1) is 11.1 Å². The van der Waals surface area contributed by atoms with Gasteiger partial charge in [-0.1, -0.05) is 37.1 Å². The minimum absolute atomic E-state index is 0.0720. The first-order valence-corrected chi connectivity index (χ1v) is 12.7. The summed E-state index contributed by atoms with van der Waals surface area (Å²) < 4.78 is 87.1. The fourth-order valence-corrected chi connectivity index (χ4v) is 3.55. The van der Waals surface area contributed by atoms with Crippen LogP contribution in [0.2, 0.25) is 5.02 Å². The molecule has 2 rings (SSSR count). The maximum Gasteiger partial charge on any atom is 0.310 e. The number of nitrogens with one attached hydrogen (secondary N) is 2. The number of halogens is 7. The lowest BCUT2D eigenvalue weighted by atomic mass is 10.1. The zero-order valence-electron chi connectivity index (χ0n) is 18.9. The molecule has 0 aromatic heterocycles. The van der Waals surface area contributed by atoms with Crippen molar-refractivity contribution in [1.29, 1.82) is 0 Å². The third kappa shape index (κ3) is 10.4. The maximum absolute atomic E-state index is 13.4. The molecule has 1 unspecified atom stereocenters. The monoisotopic (exact) mass is 576 g/mol. The lowest BCUT2D eigenvalue weighted by Crippen LogP contribution is -2.42. The minimum atomic E-state index is -9.81. The maximum atomic E-state index is 13.4. The van der Waals surface area contributed by atoms with Gasteiger partial charge in [0.2, 0.25) is 0 Å². The Morgan fingerprint density at radius 3 is 2.14 bits per heavy atom. The van der Waals surface area contributed by atoms with Crippen molar-refractivity contribution in [3.05, 3.63) is 66.0 Å². The van der Waals surface area contributed by atoms with Crippen LogP contribution in [0.3, 0.4) is 0 Å². The summed E-state index contributed by atoms with van der Waals surface area (Å²) in [6, 6.07) is 4.49. The van der Waals surface area contributed by atoms with E-state index in [1.807, 2.05) is 0 Å². The number of aliphatic hydroxyl groups is 1. The molecule has 3 N–H and O–H groups in total. The Morgan fingerprint density at radius 1 is 1.00 bits per heavy atom. The van der Waals surface area contributed by atoms with Gasteiger partial charge >= 0.3 is 10.2 Å². The molecule has 0 aliphatic rings. The molecular formula is C22H23ClF6N2O5S. The average Bonchev–Trinajstić information content (AvgIpc) is 2.80. The van der Waals surface area contributed by atoms with E-state index in [-0.39, 0.29) is 41.6 Å². The number of aliphatic hydroxyl groups excluding tert-OH is 1. The van der Waals surface area contributed by atoms with E-state index in [2.05, 4.69) is 17.2 Å². The quantitative estimate of drug-likeness (QED) is 0.227. The molecular weight excluding hydrogens is 554 g/mol. The summed E-state index contributed by atoms with van der Waals surface area (Å²) in [5, 5.41) is 14.8. The molecule has 2 aromatic carbocycles. The highest BCUT2D eigenvalue weighted by molar-refractivity contribution is 8.45. The van der Waals surface area contributed by atoms with Crippen LogP contribution in [0.5, 0.6) is 11.5 Å². The van der Waals surface area contributed by atoms with Gasteiger partial charge in [-0.2, -0.15) is 0 Å². The zero-order valence-corrected chi connectivity index (χ0v) is 20.5. The number of rotatable bonds is 13. The van der Waals surface area contributed by atoms with Crippen molar-refractivity contribution in [2.45, 2.75) is 23.5 Å². The first kappa shape index (κ1) is 30.1. The van der Waals surface area contributed by atoms with Crippen molar-refractivity contribution < 1.29 is 48.0 Å². The molecule has 2 atom stereocenters. The second-order valence-corrected chi connectivity index (χ2v) is 10.5. The summed E-state index contributed by atoms with van der Waals surface area (Å²) in [5.74, 6) is -2.24. The molecule has 0 radical (unpaired) electrons. The molecule has 0 fully saturated rings. The Hall–Kier alpha value is -3.10. The molecule has 2 aromatic rings. The first-order chi connectivity index (χ1) is 17.0. The van der Waals surface area contributed by atoms with Gasteiger partial charge in [0.1, 0.15) is 22.2 Å². The number of ether oxygens (including phenoxy) is 2. The van der Waals surface area contributed by atoms with E-state index in [0.717, 1.165) is 6.07 Å². The summed E-state index contributed by atoms with van der Waals surface area (Å²) in [7, 11) is -9.81. The Kier molecular flexibility index (Phi) is 9.04. The Balaban J connectivity index is 1.74. The number of hydrogen-bond acceptors (Lipinski definition) is 5.